The van der Waals surface area contributed by atoms with Gasteiger partial charge in [0.2, 0.25) is 0 Å². The SMILES string of the molecule is [CH-]=O.[CH-]=O.[Cl][Pt+2][Cl]. The Balaban J connectivity index is -0.0000000360. The van der Waals surface area contributed by atoms with E-state index in [2.05, 4.69) is 13.6 Å². The molecule has 0 unspecified atom stereocenters. The first kappa shape index (κ1) is 15.6. The summed E-state index contributed by atoms with van der Waals surface area (Å²) in [5.41, 5.74) is 0. The van der Waals surface area contributed by atoms with E-state index >= 15 is 0 Å². The van der Waals surface area contributed by atoms with Gasteiger partial charge in [0, 0.05) is 0 Å². The second-order valence-electron chi connectivity index (χ2n) is 0.0452. The van der Waals surface area contributed by atoms with E-state index in [1.807, 2.05) is 0 Å². The first-order valence-electron chi connectivity index (χ1n) is 0.710. The van der Waals surface area contributed by atoms with E-state index in [4.69, 9.17) is 28.4 Å². The zero-order valence-electron chi connectivity index (χ0n) is 3.04. The summed E-state index contributed by atoms with van der Waals surface area (Å²) in [6.45, 7) is 6.50. The van der Waals surface area contributed by atoms with Crippen LogP contribution in [0.2, 0.25) is 0 Å². The summed E-state index contributed by atoms with van der Waals surface area (Å²) >= 11 is -0.472. The minimum absolute atomic E-state index is 0.472. The van der Waals surface area contributed by atoms with E-state index in [0.29, 0.717) is 0 Å². The second kappa shape index (κ2) is 80.4. The molecule has 0 radical (unpaired) electrons. The molecule has 0 spiro atoms. The molecule has 0 aromatic carbocycles. The van der Waals surface area contributed by atoms with Crippen LogP contribution in [0.5, 0.6) is 0 Å². The van der Waals surface area contributed by atoms with Crippen LogP contribution in [-0.2, 0) is 26.1 Å². The molecule has 0 aliphatic heterocycles. The van der Waals surface area contributed by atoms with Gasteiger partial charge < -0.3 is 9.59 Å². The Kier molecular flexibility index (Phi) is 180. The van der Waals surface area contributed by atoms with Gasteiger partial charge in [0.25, 0.3) is 0 Å². The molecule has 5 heteroatoms. The maximum absolute atomic E-state index is 7.75. The molecule has 46 valence electrons. The predicted molar refractivity (Wildman–Crippen MR) is 25.2 cm³/mol. The van der Waals surface area contributed by atoms with Crippen molar-refractivity contribution in [3.05, 3.63) is 0 Å². The van der Waals surface area contributed by atoms with Crippen molar-refractivity contribution in [2.24, 2.45) is 0 Å². The Bertz CT molecular complexity index is 21.2. The summed E-state index contributed by atoms with van der Waals surface area (Å²) in [4.78, 5) is 15.5. The molecule has 2 nitrogen and oxygen atoms in total. The van der Waals surface area contributed by atoms with E-state index < -0.39 is 16.5 Å². The summed E-state index contributed by atoms with van der Waals surface area (Å²) in [5.74, 6) is 0. The Labute approximate surface area is 58.6 Å². The van der Waals surface area contributed by atoms with Gasteiger partial charge in [0.1, 0.15) is 0 Å². The first-order chi connectivity index (χ1) is 3.41. The predicted octanol–water partition coefficient (Wildman–Crippen LogP) is 0.828. The molecule has 0 bridgehead atoms. The van der Waals surface area contributed by atoms with Crippen LogP contribution in [0.3, 0.4) is 0 Å². The fourth-order valence-electron chi connectivity index (χ4n) is 0. The van der Waals surface area contributed by atoms with Gasteiger partial charge in [-0.25, -0.2) is 0 Å². The first-order valence-corrected chi connectivity index (χ1v) is 6.34. The van der Waals surface area contributed by atoms with Crippen molar-refractivity contribution in [1.82, 2.24) is 0 Å². The monoisotopic (exact) mass is 323 g/mol. The van der Waals surface area contributed by atoms with E-state index in [-0.39, 0.29) is 0 Å². The van der Waals surface area contributed by atoms with Crippen molar-refractivity contribution in [2.75, 3.05) is 0 Å². The molecule has 0 saturated carbocycles. The molecule has 7 heavy (non-hydrogen) atoms. The molecule has 0 fully saturated rings. The summed E-state index contributed by atoms with van der Waals surface area (Å²) in [6.07, 6.45) is 0. The molecule has 0 rings (SSSR count). The van der Waals surface area contributed by atoms with Crippen molar-refractivity contribution in [1.29, 1.82) is 0 Å². The van der Waals surface area contributed by atoms with E-state index in [1.54, 1.807) is 0 Å². The normalized spacial score (nSPS) is 4.29. The second-order valence-corrected chi connectivity index (χ2v) is 3.33. The average Bonchev–Trinajstić information content (AvgIpc) is 1.78. The van der Waals surface area contributed by atoms with Crippen molar-refractivity contribution >= 4 is 32.4 Å². The van der Waals surface area contributed by atoms with Gasteiger partial charge in [0.15, 0.2) is 0 Å². The molecule has 0 aromatic rings. The van der Waals surface area contributed by atoms with Crippen molar-refractivity contribution in [2.45, 2.75) is 0 Å². The van der Waals surface area contributed by atoms with Crippen LogP contribution in [0.4, 0.5) is 0 Å². The number of rotatable bonds is 0. The van der Waals surface area contributed by atoms with Gasteiger partial charge in [-0.1, -0.05) is 0 Å². The van der Waals surface area contributed by atoms with Crippen LogP contribution in [0.15, 0.2) is 0 Å². The quantitative estimate of drug-likeness (QED) is 0.489. The minimum atomic E-state index is -0.472. The molecule has 0 atom stereocenters. The molecular weight excluding hydrogens is 322 g/mol. The maximum atomic E-state index is 7.75. The average molecular weight is 324 g/mol. The molecule has 0 heterocycles. The summed E-state index contributed by atoms with van der Waals surface area (Å²) in [7, 11) is 9.75. The van der Waals surface area contributed by atoms with Gasteiger partial charge in [-0.05, 0) is 0 Å². The van der Waals surface area contributed by atoms with Crippen LogP contribution in [0.1, 0.15) is 0 Å². The van der Waals surface area contributed by atoms with Crippen LogP contribution in [0.25, 0.3) is 0 Å². The fraction of sp³-hybridized carbons (Fsp3) is 0. The molecule has 0 amide bonds. The van der Waals surface area contributed by atoms with Crippen molar-refractivity contribution < 1.29 is 26.1 Å². The van der Waals surface area contributed by atoms with E-state index in [9.17, 15) is 0 Å². The molecule has 0 aromatic heterocycles. The third-order valence-electron chi connectivity index (χ3n) is 0. The van der Waals surface area contributed by atoms with Crippen LogP contribution >= 0.6 is 18.8 Å². The zero-order valence-corrected chi connectivity index (χ0v) is 6.83. The van der Waals surface area contributed by atoms with Crippen molar-refractivity contribution in [3.8, 4) is 0 Å². The standard InChI is InChI=1S/2CHO.2ClH.Pt/c2*1-2;;;/h2*1H;2*1H;/q2*-1;;;+4/p-2. The number of halogens is 2. The Morgan fingerprint density at radius 1 is 1.00 bits per heavy atom. The topological polar surface area (TPSA) is 34.1 Å². The van der Waals surface area contributed by atoms with Gasteiger partial charge in [-0.15, -0.1) is 0 Å². The number of carbonyl (C=O) groups excluding carboxylic acids is 2. The molecule has 0 N–H and O–H groups in total. The third kappa shape index (κ3) is 379. The summed E-state index contributed by atoms with van der Waals surface area (Å²) in [5, 5.41) is 0. The molecule has 0 aliphatic rings. The van der Waals surface area contributed by atoms with Gasteiger partial charge >= 0.3 is 35.3 Å². The zero-order chi connectivity index (χ0) is 6.71. The summed E-state index contributed by atoms with van der Waals surface area (Å²) < 4.78 is 0. The van der Waals surface area contributed by atoms with E-state index in [1.165, 1.54) is 0 Å². The number of hydrogen-bond acceptors (Lipinski definition) is 2. The molecule has 0 saturated heterocycles. The number of hydrogen-bond donors (Lipinski definition) is 0. The van der Waals surface area contributed by atoms with Crippen LogP contribution in [0, 0.1) is 0 Å². The van der Waals surface area contributed by atoms with Crippen LogP contribution < -0.4 is 0 Å². The van der Waals surface area contributed by atoms with Gasteiger partial charge in [0.05, 0.1) is 0 Å². The van der Waals surface area contributed by atoms with Gasteiger partial charge in [-0.2, -0.15) is 0 Å². The summed E-state index contributed by atoms with van der Waals surface area (Å²) in [6, 6.07) is 0. The Morgan fingerprint density at radius 2 is 1.00 bits per heavy atom. The van der Waals surface area contributed by atoms with E-state index in [0.717, 1.165) is 0 Å². The Hall–Kier alpha value is 0.608. The fourth-order valence-corrected chi connectivity index (χ4v) is 0. The van der Waals surface area contributed by atoms with Crippen molar-refractivity contribution in [3.63, 3.8) is 0 Å². The third-order valence-corrected chi connectivity index (χ3v) is 0. The molecular formula is C2H2Cl2O2Pt. The van der Waals surface area contributed by atoms with Crippen LogP contribution in [-0.4, -0.2) is 13.6 Å². The Morgan fingerprint density at radius 3 is 1.00 bits per heavy atom. The molecule has 0 aliphatic carbocycles. The van der Waals surface area contributed by atoms with Gasteiger partial charge in [-0.3, -0.25) is 13.6 Å².